The lowest BCUT2D eigenvalue weighted by atomic mass is 10.1. The summed E-state index contributed by atoms with van der Waals surface area (Å²) in [6.45, 7) is 1.44. The number of hydrogen-bond donors (Lipinski definition) is 2. The van der Waals surface area contributed by atoms with Crippen molar-refractivity contribution in [2.75, 3.05) is 10.0 Å². The van der Waals surface area contributed by atoms with Crippen molar-refractivity contribution in [1.29, 1.82) is 0 Å². The molecule has 1 aliphatic rings. The van der Waals surface area contributed by atoms with Gasteiger partial charge in [-0.25, -0.2) is 8.42 Å². The van der Waals surface area contributed by atoms with Gasteiger partial charge in [0.2, 0.25) is 5.91 Å². The number of carbonyl (C=O) groups excluding carboxylic acids is 2. The minimum atomic E-state index is -3.76. The van der Waals surface area contributed by atoms with E-state index in [0.717, 1.165) is 0 Å². The van der Waals surface area contributed by atoms with Gasteiger partial charge >= 0.3 is 0 Å². The Kier molecular flexibility index (Phi) is 3.65. The Balaban J connectivity index is 1.86. The second kappa shape index (κ2) is 5.51. The SMILES string of the molecule is CC(=O)c1ccc(NS(=O)(=O)c2ccc3c(c2)CC(=O)N3)cc1. The summed E-state index contributed by atoms with van der Waals surface area (Å²) in [4.78, 5) is 22.6. The van der Waals surface area contributed by atoms with Gasteiger partial charge < -0.3 is 5.32 Å². The molecule has 0 unspecified atom stereocenters. The third-order valence-corrected chi connectivity index (χ3v) is 4.93. The molecule has 0 aliphatic carbocycles. The standard InChI is InChI=1S/C16H14N2O4S/c1-10(19)11-2-4-13(5-3-11)18-23(21,22)14-6-7-15-12(8-14)9-16(20)17-15/h2-8,18H,9H2,1H3,(H,17,20). The average Bonchev–Trinajstić information content (AvgIpc) is 2.86. The molecule has 0 spiro atoms. The van der Waals surface area contributed by atoms with E-state index in [9.17, 15) is 18.0 Å². The monoisotopic (exact) mass is 330 g/mol. The van der Waals surface area contributed by atoms with Gasteiger partial charge in [0.25, 0.3) is 10.0 Å². The summed E-state index contributed by atoms with van der Waals surface area (Å²) in [6.07, 6.45) is 0.173. The Labute approximate surface area is 133 Å². The molecule has 1 amide bonds. The van der Waals surface area contributed by atoms with Gasteiger partial charge in [-0.1, -0.05) is 0 Å². The third-order valence-electron chi connectivity index (χ3n) is 3.56. The highest BCUT2D eigenvalue weighted by atomic mass is 32.2. The van der Waals surface area contributed by atoms with Gasteiger partial charge in [-0.05, 0) is 55.0 Å². The Morgan fingerprint density at radius 3 is 2.48 bits per heavy atom. The van der Waals surface area contributed by atoms with E-state index in [1.165, 1.54) is 31.2 Å². The first-order valence-electron chi connectivity index (χ1n) is 6.92. The van der Waals surface area contributed by atoms with E-state index < -0.39 is 10.0 Å². The fourth-order valence-corrected chi connectivity index (χ4v) is 3.47. The van der Waals surface area contributed by atoms with Crippen LogP contribution >= 0.6 is 0 Å². The first kappa shape index (κ1) is 15.2. The van der Waals surface area contributed by atoms with Crippen LogP contribution in [0.1, 0.15) is 22.8 Å². The molecule has 23 heavy (non-hydrogen) atoms. The second-order valence-corrected chi connectivity index (χ2v) is 6.97. The summed E-state index contributed by atoms with van der Waals surface area (Å²) in [5.74, 6) is -0.238. The Hall–Kier alpha value is -2.67. The van der Waals surface area contributed by atoms with Gasteiger partial charge in [-0.3, -0.25) is 14.3 Å². The number of Topliss-reactive ketones (excluding diaryl/α,β-unsaturated/α-hetero) is 1. The second-order valence-electron chi connectivity index (χ2n) is 5.28. The highest BCUT2D eigenvalue weighted by Gasteiger charge is 2.21. The molecule has 0 saturated heterocycles. The van der Waals surface area contributed by atoms with Crippen LogP contribution in [0.5, 0.6) is 0 Å². The van der Waals surface area contributed by atoms with Gasteiger partial charge in [-0.15, -0.1) is 0 Å². The minimum absolute atomic E-state index is 0.0865. The number of anilines is 2. The number of fused-ring (bicyclic) bond motifs is 1. The van der Waals surface area contributed by atoms with Gasteiger partial charge in [0, 0.05) is 16.9 Å². The largest absolute Gasteiger partial charge is 0.326 e. The topological polar surface area (TPSA) is 92.3 Å². The van der Waals surface area contributed by atoms with Crippen molar-refractivity contribution in [2.24, 2.45) is 0 Å². The minimum Gasteiger partial charge on any atom is -0.326 e. The summed E-state index contributed by atoms with van der Waals surface area (Å²) in [5.41, 5.74) is 2.17. The molecule has 0 fully saturated rings. The van der Waals surface area contributed by atoms with Crippen LogP contribution in [-0.4, -0.2) is 20.1 Å². The van der Waals surface area contributed by atoms with Gasteiger partial charge in [0.15, 0.2) is 5.78 Å². The molecular weight excluding hydrogens is 316 g/mol. The van der Waals surface area contributed by atoms with E-state index in [1.807, 2.05) is 0 Å². The zero-order valence-corrected chi connectivity index (χ0v) is 13.1. The number of carbonyl (C=O) groups is 2. The molecule has 0 atom stereocenters. The molecular formula is C16H14N2O4S. The number of hydrogen-bond acceptors (Lipinski definition) is 4. The van der Waals surface area contributed by atoms with E-state index in [0.29, 0.717) is 22.5 Å². The Morgan fingerprint density at radius 2 is 1.83 bits per heavy atom. The predicted molar refractivity (Wildman–Crippen MR) is 86.0 cm³/mol. The van der Waals surface area contributed by atoms with Crippen molar-refractivity contribution in [3.8, 4) is 0 Å². The average molecular weight is 330 g/mol. The van der Waals surface area contributed by atoms with Crippen molar-refractivity contribution in [1.82, 2.24) is 0 Å². The highest BCUT2D eigenvalue weighted by Crippen LogP contribution is 2.26. The lowest BCUT2D eigenvalue weighted by Gasteiger charge is -2.09. The molecule has 2 aromatic carbocycles. The maximum absolute atomic E-state index is 12.4. The molecule has 0 radical (unpaired) electrons. The maximum Gasteiger partial charge on any atom is 0.261 e. The first-order valence-corrected chi connectivity index (χ1v) is 8.40. The molecule has 6 nitrogen and oxygen atoms in total. The quantitative estimate of drug-likeness (QED) is 0.841. The van der Waals surface area contributed by atoms with E-state index in [1.54, 1.807) is 18.2 Å². The molecule has 0 aromatic heterocycles. The Morgan fingerprint density at radius 1 is 1.13 bits per heavy atom. The number of benzene rings is 2. The van der Waals surface area contributed by atoms with Gasteiger partial charge in [0.1, 0.15) is 0 Å². The van der Waals surface area contributed by atoms with Gasteiger partial charge in [-0.2, -0.15) is 0 Å². The fourth-order valence-electron chi connectivity index (χ4n) is 2.36. The van der Waals surface area contributed by atoms with Crippen LogP contribution in [0.2, 0.25) is 0 Å². The van der Waals surface area contributed by atoms with Crippen molar-refractivity contribution in [3.63, 3.8) is 0 Å². The van der Waals surface area contributed by atoms with E-state index in [2.05, 4.69) is 10.0 Å². The number of ketones is 1. The van der Waals surface area contributed by atoms with E-state index >= 15 is 0 Å². The number of nitrogens with one attached hydrogen (secondary N) is 2. The van der Waals surface area contributed by atoms with Crippen LogP contribution in [0, 0.1) is 0 Å². The van der Waals surface area contributed by atoms with Crippen molar-refractivity contribution < 1.29 is 18.0 Å². The fraction of sp³-hybridized carbons (Fsp3) is 0.125. The van der Waals surface area contributed by atoms with Gasteiger partial charge in [0.05, 0.1) is 11.3 Å². The molecule has 1 heterocycles. The smallest absolute Gasteiger partial charge is 0.261 e. The van der Waals surface area contributed by atoms with Crippen LogP contribution in [0.15, 0.2) is 47.4 Å². The summed E-state index contributed by atoms with van der Waals surface area (Å²) in [7, 11) is -3.76. The van der Waals surface area contributed by atoms with Crippen LogP contribution in [0.3, 0.4) is 0 Å². The predicted octanol–water partition coefficient (Wildman–Crippen LogP) is 2.18. The van der Waals surface area contributed by atoms with E-state index in [4.69, 9.17) is 0 Å². The van der Waals surface area contributed by atoms with Crippen LogP contribution in [-0.2, 0) is 21.2 Å². The lowest BCUT2D eigenvalue weighted by Crippen LogP contribution is -2.13. The molecule has 0 bridgehead atoms. The summed E-state index contributed by atoms with van der Waals surface area (Å²) in [6, 6.07) is 10.7. The number of sulfonamides is 1. The lowest BCUT2D eigenvalue weighted by molar-refractivity contribution is -0.115. The maximum atomic E-state index is 12.4. The van der Waals surface area contributed by atoms with Crippen molar-refractivity contribution in [2.45, 2.75) is 18.2 Å². The number of rotatable bonds is 4. The molecule has 7 heteroatoms. The van der Waals surface area contributed by atoms with Crippen molar-refractivity contribution in [3.05, 3.63) is 53.6 Å². The molecule has 2 aromatic rings. The molecule has 2 N–H and O–H groups in total. The van der Waals surface area contributed by atoms with Crippen LogP contribution in [0.25, 0.3) is 0 Å². The highest BCUT2D eigenvalue weighted by molar-refractivity contribution is 7.92. The third kappa shape index (κ3) is 3.09. The van der Waals surface area contributed by atoms with Crippen LogP contribution < -0.4 is 10.0 Å². The molecule has 3 rings (SSSR count). The first-order chi connectivity index (χ1) is 10.8. The molecule has 1 aliphatic heterocycles. The Bertz CT molecular complexity index is 902. The normalized spacial score (nSPS) is 13.3. The zero-order valence-electron chi connectivity index (χ0n) is 12.3. The number of amides is 1. The summed E-state index contributed by atoms with van der Waals surface area (Å²) in [5, 5.41) is 2.66. The molecule has 0 saturated carbocycles. The van der Waals surface area contributed by atoms with E-state index in [-0.39, 0.29) is 23.0 Å². The van der Waals surface area contributed by atoms with Crippen molar-refractivity contribution >= 4 is 33.1 Å². The molecule has 118 valence electrons. The zero-order chi connectivity index (χ0) is 16.6. The summed E-state index contributed by atoms with van der Waals surface area (Å²) >= 11 is 0. The summed E-state index contributed by atoms with van der Waals surface area (Å²) < 4.78 is 27.3. The van der Waals surface area contributed by atoms with Crippen LogP contribution in [0.4, 0.5) is 11.4 Å².